The molecule has 2 N–H and O–H groups in total. The molecule has 1 saturated heterocycles. The number of nitrogen functional groups attached to an aromatic ring is 1. The molecule has 0 spiro atoms. The van der Waals surface area contributed by atoms with Crippen molar-refractivity contribution in [1.82, 2.24) is 14.6 Å². The lowest BCUT2D eigenvalue weighted by molar-refractivity contribution is -0.169. The zero-order chi connectivity index (χ0) is 26.6. The Bertz CT molecular complexity index is 1250. The van der Waals surface area contributed by atoms with Crippen LogP contribution in [0.2, 0.25) is 0 Å². The maximum absolute atomic E-state index is 12.8. The van der Waals surface area contributed by atoms with Gasteiger partial charge >= 0.3 is 18.1 Å². The summed E-state index contributed by atoms with van der Waals surface area (Å²) in [6.07, 6.45) is 0.328. The van der Waals surface area contributed by atoms with Gasteiger partial charge in [0.05, 0.1) is 11.8 Å². The first-order valence-electron chi connectivity index (χ1n) is 11.8. The van der Waals surface area contributed by atoms with Gasteiger partial charge < -0.3 is 29.4 Å². The van der Waals surface area contributed by atoms with Crippen LogP contribution in [-0.2, 0) is 38.9 Å². The lowest BCUT2D eigenvalue weighted by Crippen LogP contribution is -2.46. The number of anilines is 1. The lowest BCUT2D eigenvalue weighted by atomic mass is 9.92. The van der Waals surface area contributed by atoms with Crippen LogP contribution in [0.5, 0.6) is 0 Å². The summed E-state index contributed by atoms with van der Waals surface area (Å²) in [7, 11) is 0. The summed E-state index contributed by atoms with van der Waals surface area (Å²) in [5.74, 6) is -1.08. The van der Waals surface area contributed by atoms with Crippen LogP contribution in [0.15, 0.2) is 30.6 Å². The van der Waals surface area contributed by atoms with Gasteiger partial charge in [0.2, 0.25) is 5.60 Å². The molecule has 13 heteroatoms. The van der Waals surface area contributed by atoms with Crippen molar-refractivity contribution < 1.29 is 38.1 Å². The van der Waals surface area contributed by atoms with Crippen molar-refractivity contribution in [2.75, 3.05) is 12.3 Å². The van der Waals surface area contributed by atoms with E-state index in [-0.39, 0.29) is 24.4 Å². The molecule has 0 amide bonds. The van der Waals surface area contributed by atoms with E-state index in [0.717, 1.165) is 0 Å². The van der Waals surface area contributed by atoms with Crippen molar-refractivity contribution in [1.29, 1.82) is 5.26 Å². The smallest absolute Gasteiger partial charge is 0.455 e. The molecular formula is C24H27N5O8. The van der Waals surface area contributed by atoms with Crippen molar-refractivity contribution in [3.05, 3.63) is 36.3 Å². The first-order chi connectivity index (χ1) is 17.7. The summed E-state index contributed by atoms with van der Waals surface area (Å²) in [4.78, 5) is 41.5. The number of nitrogens with two attached hydrogens (primary N) is 1. The number of nitrogens with zero attached hydrogens (tertiary/aromatic N) is 4. The van der Waals surface area contributed by atoms with E-state index in [1.807, 2.05) is 0 Å². The normalized spacial score (nSPS) is 27.2. The molecule has 0 unspecified atom stereocenters. The molecule has 0 aliphatic carbocycles. The minimum atomic E-state index is -2.00. The van der Waals surface area contributed by atoms with Crippen LogP contribution in [0.1, 0.15) is 45.2 Å². The van der Waals surface area contributed by atoms with Gasteiger partial charge in [0.15, 0.2) is 18.0 Å². The van der Waals surface area contributed by atoms with Gasteiger partial charge in [-0.05, 0) is 38.8 Å². The van der Waals surface area contributed by atoms with E-state index < -0.39 is 54.7 Å². The van der Waals surface area contributed by atoms with Gasteiger partial charge in [0.1, 0.15) is 30.6 Å². The molecule has 2 aliphatic rings. The van der Waals surface area contributed by atoms with Gasteiger partial charge in [-0.2, -0.15) is 10.4 Å². The highest BCUT2D eigenvalue weighted by Gasteiger charge is 2.62. The van der Waals surface area contributed by atoms with Crippen LogP contribution in [0, 0.1) is 11.3 Å². The Labute approximate surface area is 212 Å². The van der Waals surface area contributed by atoms with E-state index in [0.29, 0.717) is 18.4 Å². The second-order valence-electron chi connectivity index (χ2n) is 8.81. The Kier molecular flexibility index (Phi) is 7.58. The van der Waals surface area contributed by atoms with Gasteiger partial charge in [0.25, 0.3) is 0 Å². The molecule has 196 valence electrons. The maximum Gasteiger partial charge on any atom is 0.508 e. The molecule has 2 aromatic rings. The van der Waals surface area contributed by atoms with Crippen molar-refractivity contribution >= 4 is 29.4 Å². The molecular weight excluding hydrogens is 486 g/mol. The fraction of sp³-hybridized carbons (Fsp3) is 0.500. The van der Waals surface area contributed by atoms with Crippen molar-refractivity contribution in [3.63, 3.8) is 0 Å². The Morgan fingerprint density at radius 1 is 1.24 bits per heavy atom. The first-order valence-corrected chi connectivity index (χ1v) is 11.8. The van der Waals surface area contributed by atoms with Crippen LogP contribution < -0.4 is 5.73 Å². The topological polar surface area (TPSA) is 177 Å². The fourth-order valence-corrected chi connectivity index (χ4v) is 4.23. The average molecular weight is 514 g/mol. The largest absolute Gasteiger partial charge is 0.508 e. The standard InChI is InChI=1S/C24H27N5O8/c1-14(2)34-23(32)33-11-16-20-21(36-19(31)8-6-4-3-5-7-18(30)35-20)24(12-25,37-16)17-10-9-15-22(26)27-13-28-29(15)17/h3-4,9-10,13-14,16,20-21H,5-8,11H2,1-2H3,(H2,26,27,28)/b4-3-/t16-,20-,21-,24+/m1/s1. The Morgan fingerprint density at radius 2 is 1.95 bits per heavy atom. The highest BCUT2D eigenvalue weighted by molar-refractivity contribution is 5.72. The Morgan fingerprint density at radius 3 is 2.62 bits per heavy atom. The SMILES string of the molecule is CC(C)OC(=O)OC[C@H]1O[C@@](C#N)(c2ccc3c(N)ncnn23)[C@@H]2OC(=O)CC/C=C\CCC(=O)O[C@@H]21. The third-order valence-electron chi connectivity index (χ3n) is 5.85. The number of aromatic nitrogens is 3. The van der Waals surface area contributed by atoms with Crippen molar-refractivity contribution in [3.8, 4) is 6.07 Å². The highest BCUT2D eigenvalue weighted by Crippen LogP contribution is 2.44. The molecule has 0 aromatic carbocycles. The number of hydrogen-bond acceptors (Lipinski definition) is 12. The van der Waals surface area contributed by atoms with Gasteiger partial charge in [-0.1, -0.05) is 12.2 Å². The number of ether oxygens (including phenoxy) is 5. The first kappa shape index (κ1) is 25.9. The van der Waals surface area contributed by atoms with Gasteiger partial charge in [-0.25, -0.2) is 14.3 Å². The summed E-state index contributed by atoms with van der Waals surface area (Å²) >= 11 is 0. The summed E-state index contributed by atoms with van der Waals surface area (Å²) in [6.45, 7) is 2.86. The van der Waals surface area contributed by atoms with E-state index in [2.05, 4.69) is 16.2 Å². The van der Waals surface area contributed by atoms with Crippen molar-refractivity contribution in [2.45, 2.75) is 69.5 Å². The van der Waals surface area contributed by atoms with Crippen LogP contribution >= 0.6 is 0 Å². The number of hydrogen-bond donors (Lipinski definition) is 1. The molecule has 4 heterocycles. The van der Waals surface area contributed by atoms with Crippen LogP contribution in [0.4, 0.5) is 10.6 Å². The number of allylic oxidation sites excluding steroid dienone is 2. The number of carbonyl (C=O) groups is 3. The molecule has 2 aromatic heterocycles. The quantitative estimate of drug-likeness (QED) is 0.357. The third-order valence-corrected chi connectivity index (χ3v) is 5.85. The number of carbonyl (C=O) groups excluding carboxylic acids is 3. The molecule has 4 atom stereocenters. The minimum Gasteiger partial charge on any atom is -0.455 e. The number of nitriles is 1. The number of esters is 2. The van der Waals surface area contributed by atoms with Gasteiger partial charge in [0, 0.05) is 12.8 Å². The summed E-state index contributed by atoms with van der Waals surface area (Å²) in [5, 5.41) is 14.7. The molecule has 0 radical (unpaired) electrons. The monoisotopic (exact) mass is 513 g/mol. The predicted octanol–water partition coefficient (Wildman–Crippen LogP) is 1.94. The van der Waals surface area contributed by atoms with Gasteiger partial charge in [-0.3, -0.25) is 9.59 Å². The van der Waals surface area contributed by atoms with E-state index >= 15 is 0 Å². The fourth-order valence-electron chi connectivity index (χ4n) is 4.23. The zero-order valence-electron chi connectivity index (χ0n) is 20.4. The van der Waals surface area contributed by atoms with Crippen LogP contribution in [-0.4, -0.2) is 63.7 Å². The second kappa shape index (κ2) is 10.8. The Hall–Kier alpha value is -4.18. The van der Waals surface area contributed by atoms with Gasteiger partial charge in [-0.15, -0.1) is 0 Å². The zero-order valence-corrected chi connectivity index (χ0v) is 20.4. The van der Waals surface area contributed by atoms with E-state index in [9.17, 15) is 19.6 Å². The Balaban J connectivity index is 1.78. The second-order valence-corrected chi connectivity index (χ2v) is 8.81. The van der Waals surface area contributed by atoms with E-state index in [1.165, 1.54) is 16.9 Å². The highest BCUT2D eigenvalue weighted by atomic mass is 16.7. The summed E-state index contributed by atoms with van der Waals surface area (Å²) in [6, 6.07) is 5.21. The average Bonchev–Trinajstić information content (AvgIpc) is 3.40. The molecule has 0 saturated carbocycles. The van der Waals surface area contributed by atoms with Crippen molar-refractivity contribution in [2.24, 2.45) is 0 Å². The number of fused-ring (bicyclic) bond motifs is 2. The minimum absolute atomic E-state index is 0.0288. The predicted molar refractivity (Wildman–Crippen MR) is 125 cm³/mol. The third kappa shape index (κ3) is 5.34. The summed E-state index contributed by atoms with van der Waals surface area (Å²) < 4.78 is 29.1. The molecule has 2 aliphatic heterocycles. The molecule has 37 heavy (non-hydrogen) atoms. The molecule has 4 rings (SSSR count). The maximum atomic E-state index is 12.8. The molecule has 13 nitrogen and oxygen atoms in total. The lowest BCUT2D eigenvalue weighted by Gasteiger charge is -2.28. The molecule has 1 fully saturated rings. The van der Waals surface area contributed by atoms with Crippen LogP contribution in [0.25, 0.3) is 5.52 Å². The number of rotatable bonds is 4. The van der Waals surface area contributed by atoms with E-state index in [4.69, 9.17) is 29.4 Å². The molecule has 0 bridgehead atoms. The summed E-state index contributed by atoms with van der Waals surface area (Å²) in [5.41, 5.74) is 4.51. The van der Waals surface area contributed by atoms with Crippen LogP contribution in [0.3, 0.4) is 0 Å². The van der Waals surface area contributed by atoms with E-state index in [1.54, 1.807) is 32.1 Å².